The summed E-state index contributed by atoms with van der Waals surface area (Å²) in [5.74, 6) is -0.245. The first-order valence-corrected chi connectivity index (χ1v) is 3.66. The monoisotopic (exact) mass is 168 g/mol. The van der Waals surface area contributed by atoms with E-state index in [1.165, 1.54) is 7.11 Å². The van der Waals surface area contributed by atoms with Crippen LogP contribution in [0.2, 0.25) is 0 Å². The largest absolute Gasteiger partial charge is 0.694 e. The predicted molar refractivity (Wildman–Crippen MR) is 36.3 cm³/mol. The minimum absolute atomic E-state index is 0.245. The maximum Gasteiger partial charge on any atom is 0.694 e. The van der Waals surface area contributed by atoms with E-state index >= 15 is 0 Å². The van der Waals surface area contributed by atoms with E-state index in [9.17, 15) is 9.36 Å². The number of hydrogen-bond donors (Lipinski definition) is 2. The molecule has 6 heteroatoms. The molecule has 0 aromatic rings. The van der Waals surface area contributed by atoms with Crippen molar-refractivity contribution in [2.45, 2.75) is 13.3 Å². The molecule has 0 bridgehead atoms. The standard InChI is InChI=1S/C3H7NO.CH3O3P/c1-2-3(4)5;1-4-5(2)3/h2H2,1H3,(H2,4,5);1H3/p+1. The number of carbonyl (C=O) groups excluding carboxylic acids is 1. The Hall–Kier alpha value is -0.510. The number of primary amides is 1. The Morgan fingerprint density at radius 3 is 2.00 bits per heavy atom. The molecule has 0 saturated heterocycles. The third kappa shape index (κ3) is 25.9. The van der Waals surface area contributed by atoms with E-state index in [1.807, 2.05) is 0 Å². The van der Waals surface area contributed by atoms with E-state index in [4.69, 9.17) is 4.89 Å². The SMILES string of the molecule is CCC(N)=O.CO[P+](=O)O. The lowest BCUT2D eigenvalue weighted by Gasteiger charge is -1.73. The molecule has 0 aliphatic rings. The third-order valence-corrected chi connectivity index (χ3v) is 0.817. The van der Waals surface area contributed by atoms with Gasteiger partial charge in [-0.25, -0.2) is 0 Å². The van der Waals surface area contributed by atoms with Crippen LogP contribution in [0.5, 0.6) is 0 Å². The van der Waals surface area contributed by atoms with Gasteiger partial charge in [0, 0.05) is 11.0 Å². The van der Waals surface area contributed by atoms with E-state index in [2.05, 4.69) is 10.3 Å². The molecule has 0 saturated carbocycles. The molecule has 0 radical (unpaired) electrons. The van der Waals surface area contributed by atoms with Crippen molar-refractivity contribution in [3.8, 4) is 0 Å². The van der Waals surface area contributed by atoms with E-state index in [0.717, 1.165) is 0 Å². The van der Waals surface area contributed by atoms with Crippen LogP contribution in [-0.2, 0) is 13.9 Å². The first-order valence-electron chi connectivity index (χ1n) is 2.53. The maximum atomic E-state index is 9.59. The molecule has 3 N–H and O–H groups in total. The van der Waals surface area contributed by atoms with Gasteiger partial charge in [0.1, 0.15) is 0 Å². The van der Waals surface area contributed by atoms with Crippen LogP contribution in [0, 0.1) is 0 Å². The summed E-state index contributed by atoms with van der Waals surface area (Å²) in [4.78, 5) is 17.2. The smallest absolute Gasteiger partial charge is 0.370 e. The zero-order valence-electron chi connectivity index (χ0n) is 5.90. The molecular formula is C4H11NO4P+. The molecule has 0 spiro atoms. The molecule has 1 amide bonds. The van der Waals surface area contributed by atoms with Gasteiger partial charge in [0.15, 0.2) is 0 Å². The Bertz CT molecular complexity index is 102. The van der Waals surface area contributed by atoms with Gasteiger partial charge in [-0.2, -0.15) is 0 Å². The zero-order chi connectivity index (χ0) is 8.57. The van der Waals surface area contributed by atoms with Gasteiger partial charge < -0.3 is 5.73 Å². The quantitative estimate of drug-likeness (QED) is 0.575. The molecule has 5 nitrogen and oxygen atoms in total. The molecule has 0 aliphatic heterocycles. The molecular weight excluding hydrogens is 157 g/mol. The summed E-state index contributed by atoms with van der Waals surface area (Å²) in [5, 5.41) is 0. The molecule has 60 valence electrons. The van der Waals surface area contributed by atoms with Gasteiger partial charge in [0.2, 0.25) is 5.91 Å². The highest BCUT2D eigenvalue weighted by atomic mass is 31.1. The molecule has 0 rings (SSSR count). The first-order chi connectivity index (χ1) is 4.54. The van der Waals surface area contributed by atoms with Crippen LogP contribution in [0.3, 0.4) is 0 Å². The number of nitrogens with two attached hydrogens (primary N) is 1. The van der Waals surface area contributed by atoms with Crippen molar-refractivity contribution in [1.82, 2.24) is 0 Å². The van der Waals surface area contributed by atoms with E-state index in [-0.39, 0.29) is 5.91 Å². The molecule has 0 aliphatic carbocycles. The molecule has 0 aromatic carbocycles. The fraction of sp³-hybridized carbons (Fsp3) is 0.750. The van der Waals surface area contributed by atoms with Gasteiger partial charge in [-0.15, -0.1) is 9.42 Å². The van der Waals surface area contributed by atoms with Crippen LogP contribution in [0.25, 0.3) is 0 Å². The average molecular weight is 168 g/mol. The van der Waals surface area contributed by atoms with Gasteiger partial charge in [-0.05, 0) is 0 Å². The van der Waals surface area contributed by atoms with Crippen molar-refractivity contribution in [3.05, 3.63) is 0 Å². The Morgan fingerprint density at radius 2 is 2.00 bits per heavy atom. The van der Waals surface area contributed by atoms with Crippen molar-refractivity contribution < 1.29 is 18.8 Å². The second kappa shape index (κ2) is 8.49. The highest BCUT2D eigenvalue weighted by molar-refractivity contribution is 7.32. The number of rotatable bonds is 2. The normalized spacial score (nSPS) is 9.30. The number of carbonyl (C=O) groups is 1. The minimum atomic E-state index is -2.35. The predicted octanol–water partition coefficient (Wildman–Crippen LogP) is 0.164. The third-order valence-electron chi connectivity index (χ3n) is 0.505. The van der Waals surface area contributed by atoms with E-state index < -0.39 is 8.25 Å². The lowest BCUT2D eigenvalue weighted by molar-refractivity contribution is -0.117. The van der Waals surface area contributed by atoms with Crippen molar-refractivity contribution in [1.29, 1.82) is 0 Å². The minimum Gasteiger partial charge on any atom is -0.370 e. The molecule has 1 atom stereocenters. The van der Waals surface area contributed by atoms with Gasteiger partial charge in [-0.3, -0.25) is 4.79 Å². The van der Waals surface area contributed by atoms with Crippen molar-refractivity contribution in [2.75, 3.05) is 7.11 Å². The fourth-order valence-corrected chi connectivity index (χ4v) is 0. The Morgan fingerprint density at radius 1 is 1.80 bits per heavy atom. The van der Waals surface area contributed by atoms with Gasteiger partial charge in [-0.1, -0.05) is 6.92 Å². The van der Waals surface area contributed by atoms with Crippen LogP contribution in [0.4, 0.5) is 0 Å². The second-order valence-corrected chi connectivity index (χ2v) is 2.08. The Kier molecular flexibility index (Phi) is 10.4. The summed E-state index contributed by atoms with van der Waals surface area (Å²) in [7, 11) is -1.18. The fourth-order valence-electron chi connectivity index (χ4n) is 0. The van der Waals surface area contributed by atoms with Crippen LogP contribution < -0.4 is 5.73 Å². The Balaban J connectivity index is 0. The Labute approximate surface area is 60.1 Å². The van der Waals surface area contributed by atoms with Crippen LogP contribution in [0.1, 0.15) is 13.3 Å². The van der Waals surface area contributed by atoms with Gasteiger partial charge in [0.05, 0.1) is 7.11 Å². The summed E-state index contributed by atoms with van der Waals surface area (Å²) in [6.45, 7) is 1.72. The highest BCUT2D eigenvalue weighted by Crippen LogP contribution is 2.09. The zero-order valence-corrected chi connectivity index (χ0v) is 6.80. The van der Waals surface area contributed by atoms with Crippen molar-refractivity contribution in [2.24, 2.45) is 5.73 Å². The summed E-state index contributed by atoms with van der Waals surface area (Å²) in [5.41, 5.74) is 4.65. The van der Waals surface area contributed by atoms with Gasteiger partial charge in [0.25, 0.3) is 0 Å². The topological polar surface area (TPSA) is 89.6 Å². The number of hydrogen-bond acceptors (Lipinski definition) is 3. The molecule has 0 fully saturated rings. The van der Waals surface area contributed by atoms with Crippen molar-refractivity contribution in [3.63, 3.8) is 0 Å². The summed E-state index contributed by atoms with van der Waals surface area (Å²) < 4.78 is 13.1. The maximum absolute atomic E-state index is 9.59. The lowest BCUT2D eigenvalue weighted by Crippen LogP contribution is -2.06. The van der Waals surface area contributed by atoms with Crippen LogP contribution in [-0.4, -0.2) is 17.9 Å². The summed E-state index contributed by atoms with van der Waals surface area (Å²) in [6, 6.07) is 0. The number of amides is 1. The summed E-state index contributed by atoms with van der Waals surface area (Å²) >= 11 is 0. The van der Waals surface area contributed by atoms with Crippen LogP contribution in [0.15, 0.2) is 0 Å². The van der Waals surface area contributed by atoms with E-state index in [1.54, 1.807) is 6.92 Å². The van der Waals surface area contributed by atoms with E-state index in [0.29, 0.717) is 6.42 Å². The molecule has 0 heterocycles. The lowest BCUT2D eigenvalue weighted by atomic mass is 10.5. The molecule has 1 unspecified atom stereocenters. The first kappa shape index (κ1) is 12.2. The highest BCUT2D eigenvalue weighted by Gasteiger charge is 2.02. The van der Waals surface area contributed by atoms with Gasteiger partial charge >= 0.3 is 8.25 Å². The van der Waals surface area contributed by atoms with Crippen molar-refractivity contribution >= 4 is 14.2 Å². The molecule has 0 aromatic heterocycles. The molecule has 10 heavy (non-hydrogen) atoms. The second-order valence-electron chi connectivity index (χ2n) is 1.24. The average Bonchev–Trinajstić information content (AvgIpc) is 1.89. The van der Waals surface area contributed by atoms with Crippen LogP contribution >= 0.6 is 8.25 Å². The summed E-state index contributed by atoms with van der Waals surface area (Å²) in [6.07, 6.45) is 0.444.